The van der Waals surface area contributed by atoms with E-state index in [4.69, 9.17) is 14.2 Å². The Morgan fingerprint density at radius 2 is 1.74 bits per heavy atom. The standard InChI is InChI=1S/C25H22N2O7S/c28-24(26-19-9-12-22-23(14-19)34-16-33-22)15-32-25(29)18-7-10-20(11-8-18)35(30,31)27-13-3-5-17-4-1-2-6-21(17)27/h1-2,4,6-12,14H,3,5,13,15-16H2,(H,26,28). The maximum Gasteiger partial charge on any atom is 0.338 e. The molecule has 0 aromatic heterocycles. The molecule has 3 aromatic carbocycles. The van der Waals surface area contributed by atoms with Gasteiger partial charge >= 0.3 is 5.97 Å². The predicted octanol–water partition coefficient (Wildman–Crippen LogP) is 3.35. The van der Waals surface area contributed by atoms with Crippen molar-refractivity contribution in [2.45, 2.75) is 17.7 Å². The Morgan fingerprint density at radius 1 is 0.971 bits per heavy atom. The van der Waals surface area contributed by atoms with Crippen LogP contribution < -0.4 is 19.1 Å². The van der Waals surface area contributed by atoms with Crippen LogP contribution in [-0.2, 0) is 26.0 Å². The molecule has 2 heterocycles. The van der Waals surface area contributed by atoms with Crippen molar-refractivity contribution in [2.24, 2.45) is 0 Å². The van der Waals surface area contributed by atoms with E-state index in [2.05, 4.69) is 5.32 Å². The zero-order valence-electron chi connectivity index (χ0n) is 18.6. The molecule has 5 rings (SSSR count). The van der Waals surface area contributed by atoms with Gasteiger partial charge in [-0.25, -0.2) is 13.2 Å². The molecule has 0 spiro atoms. The smallest absolute Gasteiger partial charge is 0.338 e. The molecular formula is C25H22N2O7S. The molecule has 0 atom stereocenters. The number of ether oxygens (including phenoxy) is 3. The minimum absolute atomic E-state index is 0.0753. The number of nitrogens with zero attached hydrogens (tertiary/aromatic N) is 1. The molecule has 0 saturated carbocycles. The van der Waals surface area contributed by atoms with Crippen LogP contribution in [0, 0.1) is 0 Å². The van der Waals surface area contributed by atoms with E-state index >= 15 is 0 Å². The van der Waals surface area contributed by atoms with Gasteiger partial charge in [0.15, 0.2) is 18.1 Å². The second-order valence-corrected chi connectivity index (χ2v) is 9.89. The van der Waals surface area contributed by atoms with E-state index in [-0.39, 0.29) is 17.3 Å². The number of sulfonamides is 1. The van der Waals surface area contributed by atoms with Gasteiger partial charge in [0.05, 0.1) is 16.1 Å². The first-order valence-electron chi connectivity index (χ1n) is 11.0. The first kappa shape index (κ1) is 22.7. The van der Waals surface area contributed by atoms with Crippen molar-refractivity contribution in [3.8, 4) is 11.5 Å². The lowest BCUT2D eigenvalue weighted by atomic mass is 10.0. The van der Waals surface area contributed by atoms with E-state index in [1.165, 1.54) is 28.6 Å². The van der Waals surface area contributed by atoms with E-state index in [9.17, 15) is 18.0 Å². The Balaban J connectivity index is 1.21. The predicted molar refractivity (Wildman–Crippen MR) is 127 cm³/mol. The van der Waals surface area contributed by atoms with E-state index in [0.717, 1.165) is 18.4 Å². The van der Waals surface area contributed by atoms with Crippen LogP contribution in [0.5, 0.6) is 11.5 Å². The number of hydrogen-bond acceptors (Lipinski definition) is 7. The zero-order chi connectivity index (χ0) is 24.4. The zero-order valence-corrected chi connectivity index (χ0v) is 19.4. The highest BCUT2D eigenvalue weighted by Crippen LogP contribution is 2.34. The Kier molecular flexibility index (Phi) is 6.04. The van der Waals surface area contributed by atoms with Gasteiger partial charge in [0, 0.05) is 18.3 Å². The molecule has 180 valence electrons. The number of aryl methyl sites for hydroxylation is 1. The average molecular weight is 495 g/mol. The first-order valence-corrected chi connectivity index (χ1v) is 12.4. The highest BCUT2D eigenvalue weighted by molar-refractivity contribution is 7.92. The quantitative estimate of drug-likeness (QED) is 0.523. The molecule has 1 amide bonds. The van der Waals surface area contributed by atoms with Gasteiger partial charge in [-0.05, 0) is 60.9 Å². The highest BCUT2D eigenvalue weighted by atomic mass is 32.2. The molecule has 10 heteroatoms. The molecule has 1 N–H and O–H groups in total. The first-order chi connectivity index (χ1) is 16.9. The fraction of sp³-hybridized carbons (Fsp3) is 0.200. The van der Waals surface area contributed by atoms with Crippen LogP contribution in [0.1, 0.15) is 22.3 Å². The van der Waals surface area contributed by atoms with Crippen molar-refractivity contribution < 1.29 is 32.2 Å². The lowest BCUT2D eigenvalue weighted by Crippen LogP contribution is -2.35. The van der Waals surface area contributed by atoms with Gasteiger partial charge in [-0.15, -0.1) is 0 Å². The summed E-state index contributed by atoms with van der Waals surface area (Å²) >= 11 is 0. The largest absolute Gasteiger partial charge is 0.454 e. The minimum Gasteiger partial charge on any atom is -0.454 e. The monoisotopic (exact) mass is 494 g/mol. The highest BCUT2D eigenvalue weighted by Gasteiger charge is 2.29. The number of amides is 1. The summed E-state index contributed by atoms with van der Waals surface area (Å²) in [6.07, 6.45) is 1.56. The van der Waals surface area contributed by atoms with Crippen molar-refractivity contribution >= 4 is 33.3 Å². The van der Waals surface area contributed by atoms with E-state index in [1.54, 1.807) is 24.3 Å². The Labute approximate surface area is 202 Å². The second-order valence-electron chi connectivity index (χ2n) is 8.03. The van der Waals surface area contributed by atoms with Crippen LogP contribution in [0.15, 0.2) is 71.6 Å². The Hall–Kier alpha value is -4.05. The van der Waals surface area contributed by atoms with Crippen molar-refractivity contribution in [1.29, 1.82) is 0 Å². The number of hydrogen-bond donors (Lipinski definition) is 1. The van der Waals surface area contributed by atoms with E-state index in [1.807, 2.05) is 18.2 Å². The molecule has 2 aliphatic rings. The summed E-state index contributed by atoms with van der Waals surface area (Å²) in [7, 11) is -3.78. The molecule has 0 radical (unpaired) electrons. The summed E-state index contributed by atoms with van der Waals surface area (Å²) < 4.78 is 43.4. The number of carbonyl (C=O) groups is 2. The number of esters is 1. The van der Waals surface area contributed by atoms with Crippen LogP contribution in [-0.4, -0.2) is 40.2 Å². The van der Waals surface area contributed by atoms with Gasteiger partial charge in [0.2, 0.25) is 6.79 Å². The van der Waals surface area contributed by atoms with Crippen LogP contribution in [0.3, 0.4) is 0 Å². The van der Waals surface area contributed by atoms with Gasteiger partial charge in [0.1, 0.15) is 0 Å². The minimum atomic E-state index is -3.78. The van der Waals surface area contributed by atoms with Gasteiger partial charge in [-0.1, -0.05) is 18.2 Å². The van der Waals surface area contributed by atoms with Gasteiger partial charge in [-0.3, -0.25) is 9.10 Å². The summed E-state index contributed by atoms with van der Waals surface area (Å²) in [5.74, 6) is -0.162. The topological polar surface area (TPSA) is 111 Å². The lowest BCUT2D eigenvalue weighted by Gasteiger charge is -2.30. The number of nitrogens with one attached hydrogen (secondary N) is 1. The van der Waals surface area contributed by atoms with Crippen LogP contribution in [0.25, 0.3) is 0 Å². The average Bonchev–Trinajstić information content (AvgIpc) is 3.35. The van der Waals surface area contributed by atoms with Crippen molar-refractivity contribution in [3.05, 3.63) is 77.9 Å². The SMILES string of the molecule is O=C(COC(=O)c1ccc(S(=O)(=O)N2CCCc3ccccc32)cc1)Nc1ccc2c(c1)OCO2. The molecular weight excluding hydrogens is 472 g/mol. The number of rotatable bonds is 6. The van der Waals surface area contributed by atoms with Gasteiger partial charge in [0.25, 0.3) is 15.9 Å². The summed E-state index contributed by atoms with van der Waals surface area (Å²) in [5, 5.41) is 2.62. The molecule has 0 fully saturated rings. The second kappa shape index (κ2) is 9.30. The summed E-state index contributed by atoms with van der Waals surface area (Å²) in [5.41, 5.74) is 2.28. The molecule has 0 aliphatic carbocycles. The molecule has 3 aromatic rings. The molecule has 0 saturated heterocycles. The fourth-order valence-electron chi connectivity index (χ4n) is 4.02. The van der Waals surface area contributed by atoms with E-state index in [0.29, 0.717) is 29.4 Å². The third kappa shape index (κ3) is 4.65. The van der Waals surface area contributed by atoms with Crippen molar-refractivity contribution in [1.82, 2.24) is 0 Å². The van der Waals surface area contributed by atoms with Crippen molar-refractivity contribution in [2.75, 3.05) is 29.6 Å². The molecule has 9 nitrogen and oxygen atoms in total. The summed E-state index contributed by atoms with van der Waals surface area (Å²) in [6.45, 7) is 0.00919. The van der Waals surface area contributed by atoms with Crippen molar-refractivity contribution in [3.63, 3.8) is 0 Å². The fourth-order valence-corrected chi connectivity index (χ4v) is 5.57. The number of benzene rings is 3. The lowest BCUT2D eigenvalue weighted by molar-refractivity contribution is -0.119. The Bertz CT molecular complexity index is 1390. The van der Waals surface area contributed by atoms with E-state index < -0.39 is 28.5 Å². The molecule has 35 heavy (non-hydrogen) atoms. The number of fused-ring (bicyclic) bond motifs is 2. The van der Waals surface area contributed by atoms with Gasteiger partial charge < -0.3 is 19.5 Å². The third-order valence-corrected chi connectivity index (χ3v) is 7.56. The number of carbonyl (C=O) groups excluding carboxylic acids is 2. The maximum atomic E-state index is 13.2. The molecule has 0 bridgehead atoms. The molecule has 0 unspecified atom stereocenters. The summed E-state index contributed by atoms with van der Waals surface area (Å²) in [6, 6.07) is 17.9. The number of para-hydroxylation sites is 1. The summed E-state index contributed by atoms with van der Waals surface area (Å²) in [4.78, 5) is 24.6. The van der Waals surface area contributed by atoms with Crippen LogP contribution in [0.2, 0.25) is 0 Å². The normalized spacial score (nSPS) is 14.2. The van der Waals surface area contributed by atoms with Gasteiger partial charge in [-0.2, -0.15) is 0 Å². The number of anilines is 2. The molecule has 2 aliphatic heterocycles. The van der Waals surface area contributed by atoms with Crippen LogP contribution in [0.4, 0.5) is 11.4 Å². The maximum absolute atomic E-state index is 13.2. The Morgan fingerprint density at radius 3 is 2.57 bits per heavy atom. The van der Waals surface area contributed by atoms with Crippen LogP contribution >= 0.6 is 0 Å². The third-order valence-electron chi connectivity index (χ3n) is 5.74.